The molecule has 2 heterocycles. The number of methoxy groups -OCH3 is 1. The van der Waals surface area contributed by atoms with Crippen LogP contribution in [0.1, 0.15) is 0 Å². The molecular formula is C13H24O9S. The zero-order valence-electron chi connectivity index (χ0n) is 12.9. The molecule has 9 atom stereocenters. The van der Waals surface area contributed by atoms with Gasteiger partial charge in [0, 0.05) is 12.9 Å². The topological polar surface area (TPSA) is 138 Å². The molecule has 5 N–H and O–H groups in total. The van der Waals surface area contributed by atoms with E-state index in [-0.39, 0.29) is 0 Å². The lowest BCUT2D eigenvalue weighted by Gasteiger charge is -2.42. The highest BCUT2D eigenvalue weighted by molar-refractivity contribution is 7.98. The van der Waals surface area contributed by atoms with E-state index in [9.17, 15) is 20.4 Å². The van der Waals surface area contributed by atoms with Gasteiger partial charge in [0.2, 0.25) is 0 Å². The van der Waals surface area contributed by atoms with Gasteiger partial charge in [-0.1, -0.05) is 0 Å². The van der Waals surface area contributed by atoms with Crippen LogP contribution in [0.2, 0.25) is 0 Å². The number of ether oxygens (including phenoxy) is 4. The van der Waals surface area contributed by atoms with Crippen LogP contribution in [-0.2, 0) is 18.9 Å². The second-order valence-corrected chi connectivity index (χ2v) is 6.43. The molecule has 2 saturated heterocycles. The van der Waals surface area contributed by atoms with Crippen LogP contribution in [-0.4, -0.2) is 107 Å². The molecule has 0 radical (unpaired) electrons. The van der Waals surface area contributed by atoms with Gasteiger partial charge in [0.05, 0.1) is 12.7 Å². The highest BCUT2D eigenvalue weighted by Gasteiger charge is 2.50. The van der Waals surface area contributed by atoms with Crippen molar-refractivity contribution in [3.63, 3.8) is 0 Å². The fraction of sp³-hybridized carbons (Fsp3) is 1.00. The summed E-state index contributed by atoms with van der Waals surface area (Å²) < 4.78 is 21.4. The molecule has 2 fully saturated rings. The van der Waals surface area contributed by atoms with Gasteiger partial charge in [-0.2, -0.15) is 11.8 Å². The molecule has 0 bridgehead atoms. The van der Waals surface area contributed by atoms with Crippen LogP contribution in [0.15, 0.2) is 0 Å². The summed E-state index contributed by atoms with van der Waals surface area (Å²) in [4.78, 5) is 0. The molecule has 10 heteroatoms. The Morgan fingerprint density at radius 3 is 2.09 bits per heavy atom. The SMILES string of the molecule is CO[C@H]1OC(CO)[C@@H](O)[C@H](O)C1O[C@H]1O[C@H](CSC)[C@@H](O)C1O. The third kappa shape index (κ3) is 3.98. The Morgan fingerprint density at radius 2 is 1.52 bits per heavy atom. The van der Waals surface area contributed by atoms with Gasteiger partial charge in [0.15, 0.2) is 12.6 Å². The lowest BCUT2D eigenvalue weighted by Crippen LogP contribution is -2.61. The smallest absolute Gasteiger partial charge is 0.187 e. The van der Waals surface area contributed by atoms with Gasteiger partial charge >= 0.3 is 0 Å². The van der Waals surface area contributed by atoms with Crippen molar-refractivity contribution in [2.24, 2.45) is 0 Å². The normalized spacial score (nSPS) is 47.9. The van der Waals surface area contributed by atoms with Crippen LogP contribution in [0.3, 0.4) is 0 Å². The van der Waals surface area contributed by atoms with Crippen molar-refractivity contribution < 1.29 is 44.5 Å². The predicted octanol–water partition coefficient (Wildman–Crippen LogP) is -2.73. The summed E-state index contributed by atoms with van der Waals surface area (Å²) >= 11 is 1.44. The molecule has 2 aliphatic rings. The van der Waals surface area contributed by atoms with E-state index in [2.05, 4.69) is 0 Å². The Labute approximate surface area is 138 Å². The Hall–Kier alpha value is -0.0100. The average molecular weight is 356 g/mol. The lowest BCUT2D eigenvalue weighted by molar-refractivity contribution is -0.332. The van der Waals surface area contributed by atoms with E-state index in [0.29, 0.717) is 5.75 Å². The third-order valence-electron chi connectivity index (χ3n) is 4.00. The van der Waals surface area contributed by atoms with Crippen LogP contribution in [0.25, 0.3) is 0 Å². The van der Waals surface area contributed by atoms with Crippen LogP contribution in [0.5, 0.6) is 0 Å². The first-order chi connectivity index (χ1) is 10.9. The molecule has 0 aromatic heterocycles. The van der Waals surface area contributed by atoms with Gasteiger partial charge in [-0.05, 0) is 6.26 Å². The summed E-state index contributed by atoms with van der Waals surface area (Å²) in [7, 11) is 1.32. The summed E-state index contributed by atoms with van der Waals surface area (Å²) in [6.07, 6.45) is -8.43. The molecule has 0 aliphatic carbocycles. The first-order valence-corrected chi connectivity index (χ1v) is 8.65. The van der Waals surface area contributed by atoms with Crippen LogP contribution >= 0.6 is 11.8 Å². The molecule has 0 aromatic rings. The second kappa shape index (κ2) is 8.39. The van der Waals surface area contributed by atoms with E-state index in [1.807, 2.05) is 6.26 Å². The second-order valence-electron chi connectivity index (χ2n) is 5.52. The van der Waals surface area contributed by atoms with Crippen molar-refractivity contribution in [3.8, 4) is 0 Å². The Balaban J connectivity index is 2.05. The summed E-state index contributed by atoms with van der Waals surface area (Å²) in [5, 5.41) is 49.2. The molecule has 0 aromatic carbocycles. The molecule has 0 amide bonds. The minimum Gasteiger partial charge on any atom is -0.394 e. The summed E-state index contributed by atoms with van der Waals surface area (Å²) in [6, 6.07) is 0. The Kier molecular flexibility index (Phi) is 7.04. The van der Waals surface area contributed by atoms with E-state index in [1.165, 1.54) is 18.9 Å². The van der Waals surface area contributed by atoms with Crippen molar-refractivity contribution in [1.29, 1.82) is 0 Å². The molecule has 23 heavy (non-hydrogen) atoms. The molecule has 2 rings (SSSR count). The lowest BCUT2D eigenvalue weighted by atomic mass is 9.99. The maximum Gasteiger partial charge on any atom is 0.187 e. The molecular weight excluding hydrogens is 332 g/mol. The van der Waals surface area contributed by atoms with Gasteiger partial charge in [-0.15, -0.1) is 0 Å². The summed E-state index contributed by atoms with van der Waals surface area (Å²) in [5.74, 6) is 0.463. The van der Waals surface area contributed by atoms with Gasteiger partial charge < -0.3 is 44.5 Å². The van der Waals surface area contributed by atoms with Gasteiger partial charge in [-0.25, -0.2) is 0 Å². The van der Waals surface area contributed by atoms with E-state index in [1.54, 1.807) is 0 Å². The molecule has 0 spiro atoms. The average Bonchev–Trinajstić information content (AvgIpc) is 2.81. The molecule has 136 valence electrons. The highest BCUT2D eigenvalue weighted by atomic mass is 32.2. The minimum atomic E-state index is -1.42. The Morgan fingerprint density at radius 1 is 0.913 bits per heavy atom. The summed E-state index contributed by atoms with van der Waals surface area (Å²) in [6.45, 7) is -0.498. The fourth-order valence-corrected chi connectivity index (χ4v) is 3.28. The molecule has 0 saturated carbocycles. The number of aliphatic hydroxyl groups is 5. The maximum atomic E-state index is 10.2. The van der Waals surface area contributed by atoms with Crippen molar-refractivity contribution in [2.75, 3.05) is 25.7 Å². The van der Waals surface area contributed by atoms with Crippen LogP contribution < -0.4 is 0 Å². The quantitative estimate of drug-likeness (QED) is 0.341. The van der Waals surface area contributed by atoms with Crippen molar-refractivity contribution >= 4 is 11.8 Å². The Bertz CT molecular complexity index is 371. The predicted molar refractivity (Wildman–Crippen MR) is 78.7 cm³/mol. The number of thioether (sulfide) groups is 1. The zero-order chi connectivity index (χ0) is 17.1. The maximum absolute atomic E-state index is 10.2. The van der Waals surface area contributed by atoms with Gasteiger partial charge in [0.1, 0.15) is 36.6 Å². The van der Waals surface area contributed by atoms with Crippen molar-refractivity contribution in [3.05, 3.63) is 0 Å². The first kappa shape index (κ1) is 19.3. The zero-order valence-corrected chi connectivity index (χ0v) is 13.7. The van der Waals surface area contributed by atoms with Crippen LogP contribution in [0.4, 0.5) is 0 Å². The summed E-state index contributed by atoms with van der Waals surface area (Å²) in [5.41, 5.74) is 0. The standard InChI is InChI=1S/C13H24O9S/c1-19-13-11(9(17)7(15)5(3-14)20-13)22-12-10(18)8(16)6(21-12)4-23-2/h5-18H,3-4H2,1-2H3/t5?,6-,7-,8-,9+,10?,11?,12-,13+/m1/s1. The van der Waals surface area contributed by atoms with E-state index < -0.39 is 61.9 Å². The number of aliphatic hydroxyl groups excluding tert-OH is 5. The molecule has 9 nitrogen and oxygen atoms in total. The molecule has 2 aliphatic heterocycles. The van der Waals surface area contributed by atoms with Crippen molar-refractivity contribution in [2.45, 2.75) is 55.3 Å². The van der Waals surface area contributed by atoms with E-state index >= 15 is 0 Å². The molecule has 3 unspecified atom stereocenters. The monoisotopic (exact) mass is 356 g/mol. The number of hydrogen-bond donors (Lipinski definition) is 5. The largest absolute Gasteiger partial charge is 0.394 e. The van der Waals surface area contributed by atoms with E-state index in [0.717, 1.165) is 0 Å². The minimum absolute atomic E-state index is 0.463. The van der Waals surface area contributed by atoms with Gasteiger partial charge in [-0.3, -0.25) is 0 Å². The first-order valence-electron chi connectivity index (χ1n) is 7.25. The van der Waals surface area contributed by atoms with Gasteiger partial charge in [0.25, 0.3) is 0 Å². The van der Waals surface area contributed by atoms with Crippen molar-refractivity contribution in [1.82, 2.24) is 0 Å². The van der Waals surface area contributed by atoms with Crippen LogP contribution in [0, 0.1) is 0 Å². The fourth-order valence-electron chi connectivity index (χ4n) is 2.67. The van der Waals surface area contributed by atoms with E-state index in [4.69, 9.17) is 24.1 Å². The number of hydrogen-bond acceptors (Lipinski definition) is 10. The highest BCUT2D eigenvalue weighted by Crippen LogP contribution is 2.30. The number of rotatable bonds is 6. The third-order valence-corrected chi connectivity index (χ3v) is 4.66.